The predicted molar refractivity (Wildman–Crippen MR) is 114 cm³/mol. The Bertz CT molecular complexity index is 648. The number of rotatable bonds is 3. The SMILES string of the molecule is CCC1(C)CCN(C(=NC)NCC(=O)N2CCc3ccccc32)C1.I. The molecule has 3 rings (SSSR count). The molecule has 1 aromatic rings. The van der Waals surface area contributed by atoms with Crippen molar-refractivity contribution in [3.05, 3.63) is 29.8 Å². The largest absolute Gasteiger partial charge is 0.347 e. The lowest BCUT2D eigenvalue weighted by Crippen LogP contribution is -2.46. The molecule has 1 N–H and O–H groups in total. The third-order valence-corrected chi connectivity index (χ3v) is 5.51. The van der Waals surface area contributed by atoms with Crippen molar-refractivity contribution in [3.8, 4) is 0 Å². The van der Waals surface area contributed by atoms with Gasteiger partial charge >= 0.3 is 0 Å². The highest BCUT2D eigenvalue weighted by molar-refractivity contribution is 14.0. The van der Waals surface area contributed by atoms with E-state index in [1.165, 1.54) is 18.4 Å². The molecule has 2 aliphatic heterocycles. The number of likely N-dealkylation sites (tertiary alicyclic amines) is 1. The van der Waals surface area contributed by atoms with Crippen molar-refractivity contribution in [2.45, 2.75) is 33.1 Å². The van der Waals surface area contributed by atoms with Crippen molar-refractivity contribution in [1.82, 2.24) is 10.2 Å². The standard InChI is InChI=1S/C19H28N4O.HI/c1-4-19(2)10-12-22(14-19)18(20-3)21-13-17(24)23-11-9-15-7-5-6-8-16(15)23;/h5-8H,4,9-14H2,1-3H3,(H,20,21);1H. The monoisotopic (exact) mass is 456 g/mol. The van der Waals surface area contributed by atoms with Gasteiger partial charge in [-0.3, -0.25) is 9.79 Å². The Labute approximate surface area is 167 Å². The fraction of sp³-hybridized carbons (Fsp3) is 0.579. The zero-order chi connectivity index (χ0) is 17.2. The second-order valence-corrected chi connectivity index (χ2v) is 7.16. The summed E-state index contributed by atoms with van der Waals surface area (Å²) >= 11 is 0. The number of fused-ring (bicyclic) bond motifs is 1. The normalized spacial score (nSPS) is 22.6. The number of benzene rings is 1. The van der Waals surface area contributed by atoms with Crippen molar-refractivity contribution in [1.29, 1.82) is 0 Å². The molecule has 1 amide bonds. The van der Waals surface area contributed by atoms with Crippen LogP contribution in [0.1, 0.15) is 32.3 Å². The minimum atomic E-state index is 0. The summed E-state index contributed by atoms with van der Waals surface area (Å²) in [5, 5.41) is 3.27. The first-order valence-electron chi connectivity index (χ1n) is 8.90. The maximum Gasteiger partial charge on any atom is 0.246 e. The molecular weight excluding hydrogens is 427 g/mol. The Morgan fingerprint density at radius 2 is 2.08 bits per heavy atom. The molecule has 0 aromatic heterocycles. The molecule has 1 saturated heterocycles. The van der Waals surface area contributed by atoms with E-state index >= 15 is 0 Å². The van der Waals surface area contributed by atoms with Crippen LogP contribution in [0.3, 0.4) is 0 Å². The first-order valence-corrected chi connectivity index (χ1v) is 8.90. The quantitative estimate of drug-likeness (QED) is 0.433. The average molecular weight is 456 g/mol. The smallest absolute Gasteiger partial charge is 0.246 e. The second kappa shape index (κ2) is 8.38. The van der Waals surface area contributed by atoms with Gasteiger partial charge in [0, 0.05) is 32.4 Å². The molecule has 0 saturated carbocycles. The maximum atomic E-state index is 12.6. The lowest BCUT2D eigenvalue weighted by molar-refractivity contribution is -0.117. The lowest BCUT2D eigenvalue weighted by atomic mass is 9.87. The van der Waals surface area contributed by atoms with Gasteiger partial charge in [-0.15, -0.1) is 24.0 Å². The number of nitrogens with zero attached hydrogens (tertiary/aromatic N) is 3. The number of amides is 1. The first-order chi connectivity index (χ1) is 11.6. The summed E-state index contributed by atoms with van der Waals surface area (Å²) in [7, 11) is 1.79. The number of para-hydroxylation sites is 1. The van der Waals surface area contributed by atoms with Crippen molar-refractivity contribution in [2.75, 3.05) is 38.1 Å². The van der Waals surface area contributed by atoms with Crippen LogP contribution in [0, 0.1) is 5.41 Å². The number of hydrogen-bond donors (Lipinski definition) is 1. The van der Waals surface area contributed by atoms with Crippen LogP contribution in [0.2, 0.25) is 0 Å². The molecule has 2 aliphatic rings. The fourth-order valence-corrected chi connectivity index (χ4v) is 3.67. The predicted octanol–water partition coefficient (Wildman–Crippen LogP) is 2.89. The summed E-state index contributed by atoms with van der Waals surface area (Å²) in [6.07, 6.45) is 3.29. The molecule has 0 radical (unpaired) electrons. The van der Waals surface area contributed by atoms with E-state index in [0.29, 0.717) is 12.0 Å². The van der Waals surface area contributed by atoms with Crippen LogP contribution in [0.15, 0.2) is 29.3 Å². The molecule has 1 aromatic carbocycles. The molecule has 0 spiro atoms. The first kappa shape index (κ1) is 20.0. The Morgan fingerprint density at radius 3 is 2.76 bits per heavy atom. The minimum Gasteiger partial charge on any atom is -0.347 e. The highest BCUT2D eigenvalue weighted by Crippen LogP contribution is 2.33. The topological polar surface area (TPSA) is 47.9 Å². The highest BCUT2D eigenvalue weighted by atomic mass is 127. The van der Waals surface area contributed by atoms with Gasteiger partial charge in [0.05, 0.1) is 6.54 Å². The van der Waals surface area contributed by atoms with E-state index in [1.807, 2.05) is 23.1 Å². The lowest BCUT2D eigenvalue weighted by Gasteiger charge is -2.26. The second-order valence-electron chi connectivity index (χ2n) is 7.16. The van der Waals surface area contributed by atoms with Crippen LogP contribution in [0.4, 0.5) is 5.69 Å². The van der Waals surface area contributed by atoms with Gasteiger partial charge in [0.2, 0.25) is 5.91 Å². The van der Waals surface area contributed by atoms with Gasteiger partial charge in [-0.1, -0.05) is 32.0 Å². The zero-order valence-corrected chi connectivity index (χ0v) is 17.7. The minimum absolute atomic E-state index is 0. The van der Waals surface area contributed by atoms with Crippen LogP contribution in [-0.4, -0.2) is 50.0 Å². The molecular formula is C19H29IN4O. The van der Waals surface area contributed by atoms with E-state index in [0.717, 1.165) is 37.7 Å². The van der Waals surface area contributed by atoms with Crippen molar-refractivity contribution >= 4 is 41.5 Å². The number of aliphatic imine (C=N–C) groups is 1. The highest BCUT2D eigenvalue weighted by Gasteiger charge is 2.33. The molecule has 2 heterocycles. The number of guanidine groups is 1. The van der Waals surface area contributed by atoms with E-state index in [4.69, 9.17) is 0 Å². The number of nitrogens with one attached hydrogen (secondary N) is 1. The van der Waals surface area contributed by atoms with E-state index in [9.17, 15) is 4.79 Å². The summed E-state index contributed by atoms with van der Waals surface area (Å²) in [4.78, 5) is 21.1. The van der Waals surface area contributed by atoms with Crippen LogP contribution in [0.25, 0.3) is 0 Å². The van der Waals surface area contributed by atoms with E-state index in [-0.39, 0.29) is 29.9 Å². The van der Waals surface area contributed by atoms with Crippen LogP contribution < -0.4 is 10.2 Å². The summed E-state index contributed by atoms with van der Waals surface area (Å²) in [5.41, 5.74) is 2.67. The Morgan fingerprint density at radius 1 is 1.32 bits per heavy atom. The number of hydrogen-bond acceptors (Lipinski definition) is 2. The van der Waals surface area contributed by atoms with Crippen LogP contribution >= 0.6 is 24.0 Å². The van der Waals surface area contributed by atoms with Crippen molar-refractivity contribution < 1.29 is 4.79 Å². The molecule has 0 aliphatic carbocycles. The van der Waals surface area contributed by atoms with Gasteiger partial charge < -0.3 is 15.1 Å². The van der Waals surface area contributed by atoms with E-state index in [1.54, 1.807) is 7.05 Å². The van der Waals surface area contributed by atoms with Gasteiger partial charge in [-0.2, -0.15) is 0 Å². The molecule has 25 heavy (non-hydrogen) atoms. The maximum absolute atomic E-state index is 12.6. The van der Waals surface area contributed by atoms with Crippen LogP contribution in [-0.2, 0) is 11.2 Å². The molecule has 0 bridgehead atoms. The fourth-order valence-electron chi connectivity index (χ4n) is 3.67. The Balaban J connectivity index is 0.00000225. The Hall–Kier alpha value is -1.31. The molecule has 5 nitrogen and oxygen atoms in total. The van der Waals surface area contributed by atoms with Gasteiger partial charge in [0.1, 0.15) is 0 Å². The molecule has 138 valence electrons. The average Bonchev–Trinajstić information content (AvgIpc) is 3.20. The molecule has 1 fully saturated rings. The third-order valence-electron chi connectivity index (χ3n) is 5.51. The summed E-state index contributed by atoms with van der Waals surface area (Å²) in [6, 6.07) is 8.16. The number of halogens is 1. The van der Waals surface area contributed by atoms with Gasteiger partial charge in [-0.25, -0.2) is 0 Å². The van der Waals surface area contributed by atoms with Crippen LogP contribution in [0.5, 0.6) is 0 Å². The van der Waals surface area contributed by atoms with Gasteiger partial charge in [0.25, 0.3) is 0 Å². The number of carbonyl (C=O) groups is 1. The van der Waals surface area contributed by atoms with Gasteiger partial charge in [0.15, 0.2) is 5.96 Å². The number of carbonyl (C=O) groups excluding carboxylic acids is 1. The van der Waals surface area contributed by atoms with E-state index < -0.39 is 0 Å². The number of anilines is 1. The molecule has 1 unspecified atom stereocenters. The summed E-state index contributed by atoms with van der Waals surface area (Å²) in [6.45, 7) is 7.64. The summed E-state index contributed by atoms with van der Waals surface area (Å²) < 4.78 is 0. The molecule has 1 atom stereocenters. The van der Waals surface area contributed by atoms with Crippen molar-refractivity contribution in [3.63, 3.8) is 0 Å². The zero-order valence-electron chi connectivity index (χ0n) is 15.4. The molecule has 6 heteroatoms. The van der Waals surface area contributed by atoms with Gasteiger partial charge in [-0.05, 0) is 36.3 Å². The van der Waals surface area contributed by atoms with E-state index in [2.05, 4.69) is 35.1 Å². The third kappa shape index (κ3) is 4.27. The van der Waals surface area contributed by atoms with Crippen molar-refractivity contribution in [2.24, 2.45) is 10.4 Å². The Kier molecular flexibility index (Phi) is 6.71. The summed E-state index contributed by atoms with van der Waals surface area (Å²) in [5.74, 6) is 0.951.